The first-order chi connectivity index (χ1) is 7.83. The summed E-state index contributed by atoms with van der Waals surface area (Å²) in [6, 6.07) is 5.18. The molecule has 0 saturated heterocycles. The van der Waals surface area contributed by atoms with Crippen molar-refractivity contribution in [3.63, 3.8) is 0 Å². The van der Waals surface area contributed by atoms with Gasteiger partial charge in [0, 0.05) is 23.7 Å². The predicted molar refractivity (Wildman–Crippen MR) is 70.4 cm³/mol. The third-order valence-electron chi connectivity index (χ3n) is 2.66. The lowest BCUT2D eigenvalue weighted by Gasteiger charge is -2.17. The number of ether oxygens (including phenoxy) is 1. The Kier molecular flexibility index (Phi) is 4.16. The van der Waals surface area contributed by atoms with Gasteiger partial charge in [0.25, 0.3) is 0 Å². The number of rotatable bonds is 4. The van der Waals surface area contributed by atoms with Crippen LogP contribution in [0, 0.1) is 5.41 Å². The standard InChI is InChI=1S/C14H21NO2/c1-14(2,3)8-7-13(16)11-6-5-10(17-4)9-12(11)15/h5-6,9H,7-8,15H2,1-4H3. The van der Waals surface area contributed by atoms with Gasteiger partial charge in [0.15, 0.2) is 5.78 Å². The van der Waals surface area contributed by atoms with Crippen LogP contribution in [0.3, 0.4) is 0 Å². The van der Waals surface area contributed by atoms with Crippen molar-refractivity contribution >= 4 is 11.5 Å². The molecule has 0 aliphatic heterocycles. The molecule has 0 bridgehead atoms. The molecule has 17 heavy (non-hydrogen) atoms. The zero-order valence-electron chi connectivity index (χ0n) is 11.0. The number of nitrogen functional groups attached to an aromatic ring is 1. The lowest BCUT2D eigenvalue weighted by Crippen LogP contribution is -2.10. The van der Waals surface area contributed by atoms with Gasteiger partial charge < -0.3 is 10.5 Å². The summed E-state index contributed by atoms with van der Waals surface area (Å²) in [6.07, 6.45) is 1.39. The van der Waals surface area contributed by atoms with E-state index in [-0.39, 0.29) is 11.2 Å². The highest BCUT2D eigenvalue weighted by Crippen LogP contribution is 2.25. The molecule has 0 heterocycles. The van der Waals surface area contributed by atoms with E-state index in [9.17, 15) is 4.79 Å². The highest BCUT2D eigenvalue weighted by atomic mass is 16.5. The lowest BCUT2D eigenvalue weighted by atomic mass is 9.88. The van der Waals surface area contributed by atoms with Gasteiger partial charge in [-0.2, -0.15) is 0 Å². The molecule has 0 aliphatic carbocycles. The van der Waals surface area contributed by atoms with Gasteiger partial charge in [0.05, 0.1) is 7.11 Å². The minimum absolute atomic E-state index is 0.0973. The minimum Gasteiger partial charge on any atom is -0.497 e. The molecule has 1 aromatic rings. The maximum Gasteiger partial charge on any atom is 0.164 e. The first-order valence-corrected chi connectivity index (χ1v) is 5.80. The molecule has 0 radical (unpaired) electrons. The highest BCUT2D eigenvalue weighted by Gasteiger charge is 2.15. The fourth-order valence-electron chi connectivity index (χ4n) is 1.54. The molecule has 0 aromatic heterocycles. The SMILES string of the molecule is COc1ccc(C(=O)CCC(C)(C)C)c(N)c1. The van der Waals surface area contributed by atoms with Crippen molar-refractivity contribution in [2.24, 2.45) is 5.41 Å². The van der Waals surface area contributed by atoms with Crippen molar-refractivity contribution in [1.82, 2.24) is 0 Å². The van der Waals surface area contributed by atoms with E-state index < -0.39 is 0 Å². The molecule has 0 aliphatic rings. The van der Waals surface area contributed by atoms with E-state index in [1.54, 1.807) is 25.3 Å². The van der Waals surface area contributed by atoms with Crippen LogP contribution in [0.25, 0.3) is 0 Å². The molecule has 0 saturated carbocycles. The quantitative estimate of drug-likeness (QED) is 0.643. The number of benzene rings is 1. The number of Topliss-reactive ketones (excluding diaryl/α,β-unsaturated/α-hetero) is 1. The largest absolute Gasteiger partial charge is 0.497 e. The average molecular weight is 235 g/mol. The summed E-state index contributed by atoms with van der Waals surface area (Å²) < 4.78 is 5.05. The van der Waals surface area contributed by atoms with Gasteiger partial charge in [-0.3, -0.25) is 4.79 Å². The van der Waals surface area contributed by atoms with Gasteiger partial charge in [0.2, 0.25) is 0 Å². The van der Waals surface area contributed by atoms with E-state index in [2.05, 4.69) is 20.8 Å². The topological polar surface area (TPSA) is 52.3 Å². The first kappa shape index (κ1) is 13.6. The van der Waals surface area contributed by atoms with Crippen LogP contribution in [0.5, 0.6) is 5.75 Å². The third kappa shape index (κ3) is 4.10. The normalized spacial score (nSPS) is 11.3. The number of hydrogen-bond donors (Lipinski definition) is 1. The molecule has 3 heteroatoms. The summed E-state index contributed by atoms with van der Waals surface area (Å²) >= 11 is 0. The molecule has 0 fully saturated rings. The Labute approximate surface area is 103 Å². The number of carbonyl (C=O) groups is 1. The summed E-state index contributed by atoms with van der Waals surface area (Å²) in [4.78, 5) is 12.0. The van der Waals surface area contributed by atoms with E-state index in [0.29, 0.717) is 23.4 Å². The summed E-state index contributed by atoms with van der Waals surface area (Å²) in [6.45, 7) is 6.37. The van der Waals surface area contributed by atoms with Crippen molar-refractivity contribution in [2.75, 3.05) is 12.8 Å². The summed E-state index contributed by atoms with van der Waals surface area (Å²) in [5, 5.41) is 0. The molecule has 94 valence electrons. The fourth-order valence-corrected chi connectivity index (χ4v) is 1.54. The molecule has 3 nitrogen and oxygen atoms in total. The Balaban J connectivity index is 2.76. The number of ketones is 1. The second kappa shape index (κ2) is 5.21. The monoisotopic (exact) mass is 235 g/mol. The maximum absolute atomic E-state index is 12.0. The van der Waals surface area contributed by atoms with Crippen LogP contribution in [-0.4, -0.2) is 12.9 Å². The van der Waals surface area contributed by atoms with Gasteiger partial charge >= 0.3 is 0 Å². The van der Waals surface area contributed by atoms with Gasteiger partial charge in [-0.05, 0) is 24.0 Å². The van der Waals surface area contributed by atoms with Gasteiger partial charge in [-0.1, -0.05) is 20.8 Å². The lowest BCUT2D eigenvalue weighted by molar-refractivity contribution is 0.0967. The van der Waals surface area contributed by atoms with E-state index in [0.717, 1.165) is 6.42 Å². The van der Waals surface area contributed by atoms with Crippen LogP contribution in [0.1, 0.15) is 44.0 Å². The maximum atomic E-state index is 12.0. The van der Waals surface area contributed by atoms with E-state index in [1.807, 2.05) is 0 Å². The Morgan fingerprint density at radius 3 is 2.47 bits per heavy atom. The Hall–Kier alpha value is -1.51. The van der Waals surface area contributed by atoms with Crippen molar-refractivity contribution in [3.05, 3.63) is 23.8 Å². The molecule has 0 amide bonds. The summed E-state index contributed by atoms with van der Waals surface area (Å²) in [5.74, 6) is 0.773. The highest BCUT2D eigenvalue weighted by molar-refractivity contribution is 6.00. The van der Waals surface area contributed by atoms with Crippen LogP contribution in [0.15, 0.2) is 18.2 Å². The van der Waals surface area contributed by atoms with Crippen LogP contribution in [0.4, 0.5) is 5.69 Å². The molecule has 0 unspecified atom stereocenters. The van der Waals surface area contributed by atoms with Crippen molar-refractivity contribution in [3.8, 4) is 5.75 Å². The van der Waals surface area contributed by atoms with Crippen molar-refractivity contribution in [1.29, 1.82) is 0 Å². The average Bonchev–Trinajstić information content (AvgIpc) is 2.24. The van der Waals surface area contributed by atoms with E-state index in [4.69, 9.17) is 10.5 Å². The molecular weight excluding hydrogens is 214 g/mol. The van der Waals surface area contributed by atoms with Gasteiger partial charge in [-0.25, -0.2) is 0 Å². The zero-order chi connectivity index (χ0) is 13.1. The minimum atomic E-state index is 0.0973. The summed E-state index contributed by atoms with van der Waals surface area (Å²) in [5.41, 5.74) is 7.08. The van der Waals surface area contributed by atoms with Crippen molar-refractivity contribution in [2.45, 2.75) is 33.6 Å². The number of nitrogens with two attached hydrogens (primary N) is 1. The second-order valence-corrected chi connectivity index (χ2v) is 5.44. The zero-order valence-corrected chi connectivity index (χ0v) is 11.0. The molecular formula is C14H21NO2. The molecule has 1 rings (SSSR count). The molecule has 2 N–H and O–H groups in total. The van der Waals surface area contributed by atoms with Gasteiger partial charge in [-0.15, -0.1) is 0 Å². The molecule has 0 atom stereocenters. The Bertz CT molecular complexity index is 405. The number of methoxy groups -OCH3 is 1. The van der Waals surface area contributed by atoms with Crippen LogP contribution in [-0.2, 0) is 0 Å². The van der Waals surface area contributed by atoms with Crippen LogP contribution >= 0.6 is 0 Å². The van der Waals surface area contributed by atoms with E-state index in [1.165, 1.54) is 0 Å². The predicted octanol–water partition coefficient (Wildman–Crippen LogP) is 3.29. The summed E-state index contributed by atoms with van der Waals surface area (Å²) in [7, 11) is 1.58. The fraction of sp³-hybridized carbons (Fsp3) is 0.500. The second-order valence-electron chi connectivity index (χ2n) is 5.44. The first-order valence-electron chi connectivity index (χ1n) is 5.80. The molecule has 0 spiro atoms. The smallest absolute Gasteiger partial charge is 0.164 e. The van der Waals surface area contributed by atoms with Crippen LogP contribution in [0.2, 0.25) is 0 Å². The number of carbonyl (C=O) groups excluding carboxylic acids is 1. The van der Waals surface area contributed by atoms with E-state index >= 15 is 0 Å². The van der Waals surface area contributed by atoms with Crippen molar-refractivity contribution < 1.29 is 9.53 Å². The Morgan fingerprint density at radius 1 is 1.35 bits per heavy atom. The number of anilines is 1. The number of hydrogen-bond acceptors (Lipinski definition) is 3. The Morgan fingerprint density at radius 2 is 2.00 bits per heavy atom. The third-order valence-corrected chi connectivity index (χ3v) is 2.66. The molecule has 1 aromatic carbocycles. The van der Waals surface area contributed by atoms with Gasteiger partial charge in [0.1, 0.15) is 5.75 Å². The van der Waals surface area contributed by atoms with Crippen LogP contribution < -0.4 is 10.5 Å².